The highest BCUT2D eigenvalue weighted by Crippen LogP contribution is 2.15. The van der Waals surface area contributed by atoms with Crippen LogP contribution in [0.25, 0.3) is 0 Å². The fourth-order valence-corrected chi connectivity index (χ4v) is 3.03. The predicted molar refractivity (Wildman–Crippen MR) is 95.7 cm³/mol. The van der Waals surface area contributed by atoms with Crippen molar-refractivity contribution in [2.75, 3.05) is 19.7 Å². The van der Waals surface area contributed by atoms with Gasteiger partial charge in [-0.15, -0.1) is 0 Å². The maximum absolute atomic E-state index is 12.4. The van der Waals surface area contributed by atoms with E-state index in [1.165, 1.54) is 17.8 Å². The summed E-state index contributed by atoms with van der Waals surface area (Å²) in [6.07, 6.45) is 4.09. The van der Waals surface area contributed by atoms with Crippen LogP contribution in [0.2, 0.25) is 0 Å². The molecule has 144 valence electrons. The topological polar surface area (TPSA) is 67.4 Å². The molecule has 0 unspecified atom stereocenters. The Morgan fingerprint density at radius 3 is 2.67 bits per heavy atom. The lowest BCUT2D eigenvalue weighted by Gasteiger charge is -2.32. The molecule has 3 heterocycles. The van der Waals surface area contributed by atoms with Crippen LogP contribution in [0.3, 0.4) is 0 Å². The molecule has 0 aromatic carbocycles. The number of halogens is 2. The van der Waals surface area contributed by atoms with Crippen molar-refractivity contribution in [3.05, 3.63) is 54.0 Å². The summed E-state index contributed by atoms with van der Waals surface area (Å²) < 4.78 is 29.3. The van der Waals surface area contributed by atoms with Crippen molar-refractivity contribution in [2.24, 2.45) is 0 Å². The van der Waals surface area contributed by atoms with E-state index in [4.69, 9.17) is 4.74 Å². The van der Waals surface area contributed by atoms with Crippen LogP contribution in [-0.4, -0.2) is 52.9 Å². The first-order valence-electron chi connectivity index (χ1n) is 8.89. The molecule has 2 aromatic rings. The number of rotatable bonds is 7. The molecule has 0 saturated carbocycles. The van der Waals surface area contributed by atoms with Crippen LogP contribution >= 0.6 is 0 Å². The molecule has 8 heteroatoms. The van der Waals surface area contributed by atoms with Crippen molar-refractivity contribution >= 4 is 5.91 Å². The van der Waals surface area contributed by atoms with Gasteiger partial charge in [0.05, 0.1) is 0 Å². The average molecular weight is 376 g/mol. The number of amides is 1. The summed E-state index contributed by atoms with van der Waals surface area (Å²) in [5.74, 6) is -0.220. The molecule has 1 saturated heterocycles. The second-order valence-corrected chi connectivity index (χ2v) is 6.46. The minimum atomic E-state index is -2.58. The molecule has 0 spiro atoms. The molecular formula is C19H22F2N4O2. The van der Waals surface area contributed by atoms with E-state index in [1.807, 2.05) is 12.1 Å². The lowest BCUT2D eigenvalue weighted by Crippen LogP contribution is -2.44. The van der Waals surface area contributed by atoms with Crippen LogP contribution in [0.15, 0.2) is 42.9 Å². The number of nitrogens with zero attached hydrogens (tertiary/aromatic N) is 3. The monoisotopic (exact) mass is 376 g/mol. The minimum absolute atomic E-state index is 0.0233. The summed E-state index contributed by atoms with van der Waals surface area (Å²) in [6.45, 7) is 1.92. The van der Waals surface area contributed by atoms with E-state index >= 15 is 0 Å². The number of carbonyl (C=O) groups excluding carboxylic acids is 1. The van der Waals surface area contributed by atoms with Gasteiger partial charge in [-0.3, -0.25) is 14.7 Å². The Balaban J connectivity index is 1.47. The van der Waals surface area contributed by atoms with Crippen molar-refractivity contribution in [1.82, 2.24) is 20.2 Å². The third-order valence-corrected chi connectivity index (χ3v) is 4.43. The van der Waals surface area contributed by atoms with Crippen LogP contribution in [-0.2, 0) is 6.54 Å². The third-order valence-electron chi connectivity index (χ3n) is 4.43. The van der Waals surface area contributed by atoms with Gasteiger partial charge in [0.25, 0.3) is 12.3 Å². The number of pyridine rings is 2. The van der Waals surface area contributed by atoms with Crippen LogP contribution in [0.1, 0.15) is 28.8 Å². The number of piperidine rings is 1. The lowest BCUT2D eigenvalue weighted by molar-refractivity contribution is 0.0794. The van der Waals surface area contributed by atoms with Gasteiger partial charge in [0.1, 0.15) is 0 Å². The quantitative estimate of drug-likeness (QED) is 0.804. The SMILES string of the molecule is O=C(NC1CCN(Cc2ccncc2)CC1)c1ccnc(OCC(F)F)c1. The lowest BCUT2D eigenvalue weighted by atomic mass is 10.0. The maximum Gasteiger partial charge on any atom is 0.272 e. The Hall–Kier alpha value is -2.61. The molecule has 27 heavy (non-hydrogen) atoms. The molecule has 1 aliphatic rings. The smallest absolute Gasteiger partial charge is 0.272 e. The first-order chi connectivity index (χ1) is 13.1. The molecular weight excluding hydrogens is 354 g/mol. The molecule has 0 radical (unpaired) electrons. The molecule has 1 amide bonds. The van der Waals surface area contributed by atoms with Gasteiger partial charge in [-0.1, -0.05) is 0 Å². The van der Waals surface area contributed by atoms with Crippen LogP contribution in [0.5, 0.6) is 5.88 Å². The van der Waals surface area contributed by atoms with Gasteiger partial charge in [-0.05, 0) is 36.6 Å². The van der Waals surface area contributed by atoms with Crippen molar-refractivity contribution < 1.29 is 18.3 Å². The van der Waals surface area contributed by atoms with E-state index in [2.05, 4.69) is 20.2 Å². The van der Waals surface area contributed by atoms with Gasteiger partial charge in [0.15, 0.2) is 6.61 Å². The Morgan fingerprint density at radius 2 is 1.96 bits per heavy atom. The van der Waals surface area contributed by atoms with Crippen molar-refractivity contribution in [3.8, 4) is 5.88 Å². The van der Waals surface area contributed by atoms with E-state index < -0.39 is 13.0 Å². The summed E-state index contributed by atoms with van der Waals surface area (Å²) in [5, 5.41) is 3.00. The summed E-state index contributed by atoms with van der Waals surface area (Å²) >= 11 is 0. The minimum Gasteiger partial charge on any atom is -0.472 e. The zero-order chi connectivity index (χ0) is 19.1. The fourth-order valence-electron chi connectivity index (χ4n) is 3.03. The Morgan fingerprint density at radius 1 is 1.22 bits per heavy atom. The van der Waals surface area contributed by atoms with Crippen molar-refractivity contribution in [1.29, 1.82) is 0 Å². The molecule has 6 nitrogen and oxygen atoms in total. The van der Waals surface area contributed by atoms with Crippen LogP contribution in [0.4, 0.5) is 8.78 Å². The highest BCUT2D eigenvalue weighted by Gasteiger charge is 2.21. The average Bonchev–Trinajstić information content (AvgIpc) is 2.69. The molecule has 1 aliphatic heterocycles. The zero-order valence-electron chi connectivity index (χ0n) is 14.9. The fraction of sp³-hybridized carbons (Fsp3) is 0.421. The molecule has 0 bridgehead atoms. The number of hydrogen-bond donors (Lipinski definition) is 1. The Labute approximate surface area is 156 Å². The standard InChI is InChI=1S/C19H22F2N4O2/c20-17(21)13-27-18-11-15(3-8-23-18)19(26)24-16-4-9-25(10-5-16)12-14-1-6-22-7-2-14/h1-3,6-8,11,16-17H,4-5,9-10,12-13H2,(H,24,26). The number of hydrogen-bond acceptors (Lipinski definition) is 5. The molecule has 2 aromatic heterocycles. The van der Waals surface area contributed by atoms with Gasteiger partial charge >= 0.3 is 0 Å². The summed E-state index contributed by atoms with van der Waals surface area (Å²) in [5.41, 5.74) is 1.58. The van der Waals surface area contributed by atoms with E-state index in [-0.39, 0.29) is 17.8 Å². The normalized spacial score (nSPS) is 15.7. The van der Waals surface area contributed by atoms with Gasteiger partial charge < -0.3 is 10.1 Å². The molecule has 0 aliphatic carbocycles. The zero-order valence-corrected chi connectivity index (χ0v) is 14.9. The molecule has 1 fully saturated rings. The largest absolute Gasteiger partial charge is 0.472 e. The third kappa shape index (κ3) is 5.96. The highest BCUT2D eigenvalue weighted by atomic mass is 19.3. The van der Waals surface area contributed by atoms with E-state index in [1.54, 1.807) is 18.5 Å². The summed E-state index contributed by atoms with van der Waals surface area (Å²) in [7, 11) is 0. The molecule has 1 N–H and O–H groups in total. The van der Waals surface area contributed by atoms with Gasteiger partial charge in [-0.2, -0.15) is 0 Å². The molecule has 0 atom stereocenters. The highest BCUT2D eigenvalue weighted by molar-refractivity contribution is 5.94. The molecule has 3 rings (SSSR count). The number of nitrogens with one attached hydrogen (secondary N) is 1. The Kier molecular flexibility index (Phi) is 6.64. The van der Waals surface area contributed by atoms with E-state index in [0.29, 0.717) is 5.56 Å². The predicted octanol–water partition coefficient (Wildman–Crippen LogP) is 2.51. The maximum atomic E-state index is 12.4. The van der Waals surface area contributed by atoms with Gasteiger partial charge in [-0.25, -0.2) is 13.8 Å². The number of carbonyl (C=O) groups is 1. The number of likely N-dealkylation sites (tertiary alicyclic amines) is 1. The van der Waals surface area contributed by atoms with Crippen LogP contribution < -0.4 is 10.1 Å². The summed E-state index contributed by atoms with van der Waals surface area (Å²) in [6, 6.07) is 7.03. The van der Waals surface area contributed by atoms with Gasteiger partial charge in [0.2, 0.25) is 5.88 Å². The number of ether oxygens (including phenoxy) is 1. The van der Waals surface area contributed by atoms with Crippen LogP contribution in [0, 0.1) is 0 Å². The summed E-state index contributed by atoms with van der Waals surface area (Å²) in [4.78, 5) is 22.6. The Bertz CT molecular complexity index is 737. The van der Waals surface area contributed by atoms with Crippen molar-refractivity contribution in [2.45, 2.75) is 31.9 Å². The number of aromatic nitrogens is 2. The van der Waals surface area contributed by atoms with Gasteiger partial charge in [0, 0.05) is 55.9 Å². The second-order valence-electron chi connectivity index (χ2n) is 6.46. The number of alkyl halides is 2. The van der Waals surface area contributed by atoms with E-state index in [0.717, 1.165) is 32.5 Å². The first-order valence-corrected chi connectivity index (χ1v) is 8.89. The van der Waals surface area contributed by atoms with Crippen molar-refractivity contribution in [3.63, 3.8) is 0 Å². The second kappa shape index (κ2) is 9.36. The van der Waals surface area contributed by atoms with E-state index in [9.17, 15) is 13.6 Å². The first kappa shape index (κ1) is 19.2.